The first-order chi connectivity index (χ1) is 36.9. The van der Waals surface area contributed by atoms with E-state index in [1.54, 1.807) is 22.5 Å². The summed E-state index contributed by atoms with van der Waals surface area (Å²) in [7, 11) is 0. The van der Waals surface area contributed by atoms with Crippen molar-refractivity contribution >= 4 is 51.8 Å². The van der Waals surface area contributed by atoms with Crippen LogP contribution in [0.2, 0.25) is 0 Å². The molecule has 7 aromatic rings. The number of nitrogens with zero attached hydrogens (tertiary/aromatic N) is 8. The lowest BCUT2D eigenvalue weighted by molar-refractivity contribution is -0.143. The SMILES string of the molecule is Cc1ncsc1-c1ccc(CNC(=O)C2CC(O)CN2C(=O)[C@H](C(C)C)N2Cc3ccccc3C2=O)c(OCCCOCCC(=O)N2CCC(n3nc(-c4ccc(Oc5ccccc5)cc4)c4c(N)ncnc43)CC2)c1. The molecule has 3 aliphatic heterocycles. The second-order valence-corrected chi connectivity index (χ2v) is 20.7. The highest BCUT2D eigenvalue weighted by Crippen LogP contribution is 2.37. The third-order valence-electron chi connectivity index (χ3n) is 14.4. The molecule has 2 unspecified atom stereocenters. The molecular weight excluding hydrogens is 985 g/mol. The maximum absolute atomic E-state index is 14.3. The summed E-state index contributed by atoms with van der Waals surface area (Å²) in [4.78, 5) is 74.3. The molecule has 6 heterocycles. The van der Waals surface area contributed by atoms with E-state index in [2.05, 4.69) is 20.3 Å². The zero-order chi connectivity index (χ0) is 52.9. The Morgan fingerprint density at radius 3 is 2.39 bits per heavy atom. The molecule has 4 aromatic carbocycles. The largest absolute Gasteiger partial charge is 0.493 e. The van der Waals surface area contributed by atoms with Gasteiger partial charge in [-0.25, -0.2) is 19.6 Å². The first-order valence-electron chi connectivity index (χ1n) is 25.9. The van der Waals surface area contributed by atoms with Crippen molar-refractivity contribution in [2.24, 2.45) is 5.92 Å². The zero-order valence-electron chi connectivity index (χ0n) is 42.8. The summed E-state index contributed by atoms with van der Waals surface area (Å²) in [5.74, 6) is 1.18. The molecule has 19 heteroatoms. The minimum Gasteiger partial charge on any atom is -0.493 e. The van der Waals surface area contributed by atoms with Gasteiger partial charge in [-0.1, -0.05) is 62.4 Å². The number of nitrogens with two attached hydrogens (primary N) is 1. The predicted molar refractivity (Wildman–Crippen MR) is 287 cm³/mol. The number of aliphatic hydroxyl groups is 1. The van der Waals surface area contributed by atoms with E-state index in [4.69, 9.17) is 25.0 Å². The van der Waals surface area contributed by atoms with E-state index in [0.717, 1.165) is 38.6 Å². The number of benzene rings is 4. The Kier molecular flexibility index (Phi) is 15.7. The molecule has 3 aromatic heterocycles. The van der Waals surface area contributed by atoms with Gasteiger partial charge in [0.25, 0.3) is 5.91 Å². The van der Waals surface area contributed by atoms with Crippen LogP contribution in [0.1, 0.15) is 79.2 Å². The van der Waals surface area contributed by atoms with Crippen LogP contribution < -0.4 is 20.5 Å². The van der Waals surface area contributed by atoms with Crippen LogP contribution in [0.3, 0.4) is 0 Å². The number of hydrogen-bond acceptors (Lipinski definition) is 14. The lowest BCUT2D eigenvalue weighted by atomic mass is 10.0. The minimum absolute atomic E-state index is 0.00789. The molecule has 0 spiro atoms. The fraction of sp³-hybridized carbons (Fsp3) is 0.368. The van der Waals surface area contributed by atoms with Gasteiger partial charge in [0.15, 0.2) is 5.65 Å². The molecule has 3 atom stereocenters. The molecule has 0 radical (unpaired) electrons. The number of carbonyl (C=O) groups is 4. The second kappa shape index (κ2) is 23.0. The Balaban J connectivity index is 0.704. The van der Waals surface area contributed by atoms with Gasteiger partial charge in [-0.15, -0.1) is 11.3 Å². The number of para-hydroxylation sites is 1. The van der Waals surface area contributed by atoms with E-state index < -0.39 is 24.1 Å². The lowest BCUT2D eigenvalue weighted by Gasteiger charge is -2.35. The molecule has 394 valence electrons. The Hall–Kier alpha value is -7.74. The van der Waals surface area contributed by atoms with Crippen LogP contribution in [0.15, 0.2) is 109 Å². The minimum atomic E-state index is -0.923. The number of anilines is 1. The fourth-order valence-electron chi connectivity index (χ4n) is 10.5. The number of fused-ring (bicyclic) bond motifs is 2. The number of amides is 4. The van der Waals surface area contributed by atoms with Crippen molar-refractivity contribution in [3.63, 3.8) is 0 Å². The van der Waals surface area contributed by atoms with Crippen molar-refractivity contribution in [1.82, 2.24) is 44.7 Å². The maximum Gasteiger partial charge on any atom is 0.255 e. The molecule has 18 nitrogen and oxygen atoms in total. The monoisotopic (exact) mass is 1050 g/mol. The molecule has 3 aliphatic rings. The van der Waals surface area contributed by atoms with Crippen molar-refractivity contribution in [3.05, 3.63) is 131 Å². The molecule has 4 N–H and O–H groups in total. The van der Waals surface area contributed by atoms with Crippen LogP contribution in [0.25, 0.3) is 32.7 Å². The summed E-state index contributed by atoms with van der Waals surface area (Å²) in [5, 5.41) is 19.5. The van der Waals surface area contributed by atoms with Crippen LogP contribution in [0, 0.1) is 12.8 Å². The van der Waals surface area contributed by atoms with Gasteiger partial charge in [-0.2, -0.15) is 5.10 Å². The number of aliphatic hydroxyl groups excluding tert-OH is 1. The highest BCUT2D eigenvalue weighted by molar-refractivity contribution is 7.13. The smallest absolute Gasteiger partial charge is 0.255 e. The maximum atomic E-state index is 14.3. The number of likely N-dealkylation sites (tertiary alicyclic amines) is 2. The zero-order valence-corrected chi connectivity index (χ0v) is 43.7. The van der Waals surface area contributed by atoms with Crippen molar-refractivity contribution in [2.75, 3.05) is 45.2 Å². The summed E-state index contributed by atoms with van der Waals surface area (Å²) in [6, 6.07) is 28.7. The number of piperidine rings is 1. The van der Waals surface area contributed by atoms with E-state index in [9.17, 15) is 24.3 Å². The normalized spacial score (nSPS) is 17.1. The Labute approximate surface area is 444 Å². The molecule has 2 fully saturated rings. The van der Waals surface area contributed by atoms with Gasteiger partial charge in [0.1, 0.15) is 47.2 Å². The van der Waals surface area contributed by atoms with Crippen LogP contribution in [-0.2, 0) is 32.2 Å². The number of aryl methyl sites for hydroxylation is 1. The lowest BCUT2D eigenvalue weighted by Crippen LogP contribution is -2.55. The molecule has 4 amide bonds. The van der Waals surface area contributed by atoms with Crippen LogP contribution in [0.5, 0.6) is 17.2 Å². The number of rotatable bonds is 19. The molecular formula is C57H62N10O8S. The number of thiazole rings is 1. The van der Waals surface area contributed by atoms with E-state index in [-0.39, 0.29) is 62.2 Å². The van der Waals surface area contributed by atoms with Crippen LogP contribution in [0.4, 0.5) is 5.82 Å². The van der Waals surface area contributed by atoms with Gasteiger partial charge in [-0.3, -0.25) is 19.2 Å². The second-order valence-electron chi connectivity index (χ2n) is 19.8. The fourth-order valence-corrected chi connectivity index (χ4v) is 11.3. The number of carbonyl (C=O) groups excluding carboxylic acids is 4. The molecule has 2 saturated heterocycles. The van der Waals surface area contributed by atoms with E-state index in [1.807, 2.05) is 115 Å². The van der Waals surface area contributed by atoms with Crippen molar-refractivity contribution in [2.45, 2.75) is 90.2 Å². The van der Waals surface area contributed by atoms with E-state index in [0.29, 0.717) is 91.7 Å². The molecule has 0 bridgehead atoms. The average molecular weight is 1050 g/mol. The standard InChI is InChI=1S/C57H62N10O8S/c1-35(2)51(66-31-40-10-7-8-13-45(40)56(66)71)57(72)65-32-42(68)29-46(65)55(70)59-30-39-15-14-38(52-36(3)62-34-76-52)28-47(39)74-26-9-25-73-27-22-48(69)64-23-20-41(21-24-64)67-54-49(53(58)60-33-61-54)50(63-67)37-16-18-44(19-17-37)75-43-11-5-4-6-12-43/h4-8,10-19,28,33-35,41-42,46,51,68H,9,20-27,29-32H2,1-3H3,(H,59,70)(H2,58,60,61)/t42?,46?,51-/m0/s1. The number of hydrogen-bond donors (Lipinski definition) is 3. The Morgan fingerprint density at radius 2 is 1.64 bits per heavy atom. The van der Waals surface area contributed by atoms with Gasteiger partial charge < -0.3 is 45.1 Å². The first kappa shape index (κ1) is 51.7. The average Bonchev–Trinajstić information content (AvgIpc) is 4.24. The van der Waals surface area contributed by atoms with Gasteiger partial charge in [0.05, 0.1) is 53.2 Å². The van der Waals surface area contributed by atoms with Crippen LogP contribution in [-0.4, -0.2) is 126 Å². The number of nitrogens with one attached hydrogen (secondary N) is 1. The summed E-state index contributed by atoms with van der Waals surface area (Å²) < 4.78 is 20.2. The van der Waals surface area contributed by atoms with Gasteiger partial charge in [-0.05, 0) is 85.3 Å². The molecule has 76 heavy (non-hydrogen) atoms. The number of nitrogen functional groups attached to an aromatic ring is 1. The predicted octanol–water partition coefficient (Wildman–Crippen LogP) is 7.60. The van der Waals surface area contributed by atoms with Gasteiger partial charge >= 0.3 is 0 Å². The molecule has 0 aliphatic carbocycles. The third kappa shape index (κ3) is 11.1. The highest BCUT2D eigenvalue weighted by atomic mass is 32.1. The summed E-state index contributed by atoms with van der Waals surface area (Å²) in [6.45, 7) is 8.21. The Bertz CT molecular complexity index is 3210. The quantitative estimate of drug-likeness (QED) is 0.0666. The van der Waals surface area contributed by atoms with E-state index >= 15 is 0 Å². The Morgan fingerprint density at radius 1 is 0.895 bits per heavy atom. The first-order valence-corrected chi connectivity index (χ1v) is 26.8. The van der Waals surface area contributed by atoms with Crippen LogP contribution >= 0.6 is 11.3 Å². The van der Waals surface area contributed by atoms with E-state index in [1.165, 1.54) is 22.6 Å². The van der Waals surface area contributed by atoms with Crippen molar-refractivity contribution < 1.29 is 38.5 Å². The van der Waals surface area contributed by atoms with Gasteiger partial charge in [0.2, 0.25) is 17.7 Å². The van der Waals surface area contributed by atoms with Crippen molar-refractivity contribution in [3.8, 4) is 38.9 Å². The molecule has 0 saturated carbocycles. The summed E-state index contributed by atoms with van der Waals surface area (Å²) in [6.07, 6.45) is 2.83. The number of β-amino-alcohol motifs (C(OH)–C–C–N with tert-alkyl or cyclic N) is 1. The number of aromatic nitrogens is 5. The van der Waals surface area contributed by atoms with Gasteiger partial charge in [0, 0.05) is 68.9 Å². The third-order valence-corrected chi connectivity index (χ3v) is 15.4. The highest BCUT2D eigenvalue weighted by Gasteiger charge is 2.46. The molecule has 10 rings (SSSR count). The van der Waals surface area contributed by atoms with Crippen molar-refractivity contribution in [1.29, 1.82) is 0 Å². The number of ether oxygens (including phenoxy) is 3. The summed E-state index contributed by atoms with van der Waals surface area (Å²) >= 11 is 1.53. The summed E-state index contributed by atoms with van der Waals surface area (Å²) in [5.41, 5.74) is 14.4. The topological polar surface area (TPSA) is 220 Å².